The first kappa shape index (κ1) is 24.3. The maximum absolute atomic E-state index is 13.1. The molecule has 3 aromatic rings. The minimum atomic E-state index is -0.511. The second-order valence-electron chi connectivity index (χ2n) is 9.68. The number of rotatable bonds is 4. The molecule has 8 heteroatoms. The number of piperazine rings is 1. The van der Waals surface area contributed by atoms with E-state index in [0.717, 1.165) is 28.3 Å². The van der Waals surface area contributed by atoms with Gasteiger partial charge in [-0.2, -0.15) is 0 Å². The molecule has 1 aliphatic rings. The van der Waals surface area contributed by atoms with Gasteiger partial charge < -0.3 is 24.8 Å². The summed E-state index contributed by atoms with van der Waals surface area (Å²) < 4.78 is 20.7. The smallest absolute Gasteiger partial charge is 0.410 e. The summed E-state index contributed by atoms with van der Waals surface area (Å²) in [5.41, 5.74) is 10.3. The lowest BCUT2D eigenvalue weighted by molar-refractivity contribution is 0.0240. The van der Waals surface area contributed by atoms with Crippen molar-refractivity contribution in [1.82, 2.24) is 14.5 Å². The highest BCUT2D eigenvalue weighted by molar-refractivity contribution is 5.78. The average molecular weight is 478 g/mol. The number of halogens is 1. The molecule has 0 atom stereocenters. The molecule has 1 saturated heterocycles. The van der Waals surface area contributed by atoms with Gasteiger partial charge in [0, 0.05) is 45.0 Å². The van der Waals surface area contributed by atoms with Crippen LogP contribution in [-0.4, -0.2) is 52.3 Å². The van der Waals surface area contributed by atoms with Crippen molar-refractivity contribution in [2.75, 3.05) is 36.8 Å². The van der Waals surface area contributed by atoms with E-state index in [2.05, 4.69) is 14.5 Å². The van der Waals surface area contributed by atoms with Crippen molar-refractivity contribution in [3.05, 3.63) is 65.7 Å². The molecule has 2 N–H and O–H groups in total. The normalized spacial score (nSPS) is 14.5. The van der Waals surface area contributed by atoms with Crippen LogP contribution in [0.15, 0.2) is 48.7 Å². The van der Waals surface area contributed by atoms with Gasteiger partial charge in [-0.1, -0.05) is 18.2 Å². The van der Waals surface area contributed by atoms with E-state index >= 15 is 0 Å². The van der Waals surface area contributed by atoms with Crippen molar-refractivity contribution in [3.63, 3.8) is 0 Å². The molecule has 0 unspecified atom stereocenters. The summed E-state index contributed by atoms with van der Waals surface area (Å²) >= 11 is 0. The Morgan fingerprint density at radius 2 is 1.74 bits per heavy atom. The van der Waals surface area contributed by atoms with Gasteiger partial charge in [-0.05, 0) is 62.7 Å². The van der Waals surface area contributed by atoms with E-state index in [4.69, 9.17) is 10.5 Å². The topological polar surface area (TPSA) is 76.6 Å². The van der Waals surface area contributed by atoms with Crippen molar-refractivity contribution >= 4 is 29.8 Å². The van der Waals surface area contributed by atoms with E-state index in [-0.39, 0.29) is 11.9 Å². The Morgan fingerprint density at radius 3 is 2.40 bits per heavy atom. The highest BCUT2D eigenvalue weighted by Crippen LogP contribution is 2.33. The Kier molecular flexibility index (Phi) is 6.82. The molecule has 0 saturated carbocycles. The van der Waals surface area contributed by atoms with Crippen LogP contribution >= 0.6 is 0 Å². The number of carbonyl (C=O) groups excluding carboxylic acids is 1. The number of amides is 1. The number of hydrogen-bond donors (Lipinski definition) is 1. The Balaban J connectivity index is 1.49. The average Bonchev–Trinajstić information content (AvgIpc) is 3.11. The van der Waals surface area contributed by atoms with Crippen molar-refractivity contribution in [2.24, 2.45) is 7.05 Å². The third-order valence-corrected chi connectivity index (χ3v) is 5.85. The van der Waals surface area contributed by atoms with Crippen LogP contribution in [0.5, 0.6) is 0 Å². The van der Waals surface area contributed by atoms with Crippen LogP contribution < -0.4 is 10.6 Å². The summed E-state index contributed by atoms with van der Waals surface area (Å²) in [4.78, 5) is 20.8. The minimum absolute atomic E-state index is 0.259. The van der Waals surface area contributed by atoms with E-state index in [1.54, 1.807) is 23.2 Å². The van der Waals surface area contributed by atoms with Crippen molar-refractivity contribution in [3.8, 4) is 11.3 Å². The summed E-state index contributed by atoms with van der Waals surface area (Å²) in [6, 6.07) is 12.2. The fraction of sp³-hybridized carbons (Fsp3) is 0.333. The van der Waals surface area contributed by atoms with Gasteiger partial charge in [-0.3, -0.25) is 4.98 Å². The molecule has 184 valence electrons. The van der Waals surface area contributed by atoms with Gasteiger partial charge in [0.05, 0.1) is 17.1 Å². The van der Waals surface area contributed by atoms with Gasteiger partial charge >= 0.3 is 6.09 Å². The van der Waals surface area contributed by atoms with Gasteiger partial charge in [0.25, 0.3) is 0 Å². The predicted molar refractivity (Wildman–Crippen MR) is 138 cm³/mol. The van der Waals surface area contributed by atoms with Gasteiger partial charge in [0.1, 0.15) is 17.2 Å². The summed E-state index contributed by atoms with van der Waals surface area (Å²) in [7, 11) is 2.00. The molecule has 1 aliphatic heterocycles. The number of carbonyl (C=O) groups is 1. The number of benzene rings is 1. The highest BCUT2D eigenvalue weighted by Gasteiger charge is 2.28. The van der Waals surface area contributed by atoms with E-state index in [0.29, 0.717) is 31.9 Å². The predicted octanol–water partition coefficient (Wildman–Crippen LogP) is 5.04. The largest absolute Gasteiger partial charge is 0.444 e. The molecule has 0 radical (unpaired) electrons. The summed E-state index contributed by atoms with van der Waals surface area (Å²) in [6.45, 7) is 8.10. The van der Waals surface area contributed by atoms with Crippen LogP contribution in [0.4, 0.5) is 20.7 Å². The summed E-state index contributed by atoms with van der Waals surface area (Å²) in [6.07, 6.45) is 5.29. The number of nitrogen functional groups attached to an aromatic ring is 1. The van der Waals surface area contributed by atoms with Crippen LogP contribution in [0.25, 0.3) is 23.4 Å². The van der Waals surface area contributed by atoms with E-state index in [1.165, 1.54) is 12.1 Å². The molecule has 0 bridgehead atoms. The quantitative estimate of drug-likeness (QED) is 0.570. The van der Waals surface area contributed by atoms with Crippen LogP contribution in [-0.2, 0) is 11.8 Å². The van der Waals surface area contributed by atoms with Gasteiger partial charge in [0.2, 0.25) is 0 Å². The summed E-state index contributed by atoms with van der Waals surface area (Å²) in [5.74, 6) is 0.676. The third kappa shape index (κ3) is 5.82. The highest BCUT2D eigenvalue weighted by atomic mass is 19.1. The number of nitrogens with two attached hydrogens (primary N) is 1. The second kappa shape index (κ2) is 9.82. The van der Waals surface area contributed by atoms with Crippen molar-refractivity contribution in [2.45, 2.75) is 26.4 Å². The number of pyridine rings is 1. The molecule has 2 aromatic heterocycles. The lowest BCUT2D eigenvalue weighted by Crippen LogP contribution is -2.50. The maximum atomic E-state index is 13.1. The third-order valence-electron chi connectivity index (χ3n) is 5.85. The first-order valence-corrected chi connectivity index (χ1v) is 11.7. The molecule has 3 heterocycles. The standard InChI is InChI=1S/C27H32FN5O2/c1-27(2,3)35-26(34)33-15-13-32(14-16-33)25-23(29)18-24(31(25)4)20-11-12-30-22(17-20)10-7-19-5-8-21(28)9-6-19/h5-12,17-18H,13-16,29H2,1-4H3/b10-7+. The maximum Gasteiger partial charge on any atom is 0.410 e. The SMILES string of the molecule is Cn1c(-c2ccnc(/C=C/c3ccc(F)cc3)c2)cc(N)c1N1CCN(C(=O)OC(C)(C)C)CC1. The monoisotopic (exact) mass is 477 g/mol. The zero-order chi connectivity index (χ0) is 25.2. The molecule has 0 spiro atoms. The molecule has 1 fully saturated rings. The Morgan fingerprint density at radius 1 is 1.06 bits per heavy atom. The molecule has 4 rings (SSSR count). The van der Waals surface area contributed by atoms with Crippen LogP contribution in [0.2, 0.25) is 0 Å². The minimum Gasteiger partial charge on any atom is -0.444 e. The number of ether oxygens (including phenoxy) is 1. The fourth-order valence-electron chi connectivity index (χ4n) is 4.17. The fourth-order valence-corrected chi connectivity index (χ4v) is 4.17. The second-order valence-corrected chi connectivity index (χ2v) is 9.68. The van der Waals surface area contributed by atoms with Crippen molar-refractivity contribution in [1.29, 1.82) is 0 Å². The Bertz CT molecular complexity index is 1220. The molecule has 35 heavy (non-hydrogen) atoms. The van der Waals surface area contributed by atoms with E-state index in [1.807, 2.05) is 58.2 Å². The van der Waals surface area contributed by atoms with E-state index in [9.17, 15) is 9.18 Å². The van der Waals surface area contributed by atoms with Gasteiger partial charge in [0.15, 0.2) is 0 Å². The first-order valence-electron chi connectivity index (χ1n) is 11.7. The summed E-state index contributed by atoms with van der Waals surface area (Å²) in [5, 5.41) is 0. The Labute approximate surface area is 205 Å². The molecular formula is C27H32FN5O2. The van der Waals surface area contributed by atoms with Crippen molar-refractivity contribution < 1.29 is 13.9 Å². The first-order chi connectivity index (χ1) is 16.6. The molecule has 7 nitrogen and oxygen atoms in total. The van der Waals surface area contributed by atoms with E-state index < -0.39 is 5.60 Å². The zero-order valence-electron chi connectivity index (χ0n) is 20.7. The molecule has 1 aromatic carbocycles. The van der Waals surface area contributed by atoms with Crippen LogP contribution in [0, 0.1) is 5.82 Å². The lowest BCUT2D eigenvalue weighted by Gasteiger charge is -2.37. The molecular weight excluding hydrogens is 445 g/mol. The van der Waals surface area contributed by atoms with Crippen LogP contribution in [0.1, 0.15) is 32.0 Å². The van der Waals surface area contributed by atoms with Crippen LogP contribution in [0.3, 0.4) is 0 Å². The Hall–Kier alpha value is -3.81. The number of hydrogen-bond acceptors (Lipinski definition) is 5. The number of aromatic nitrogens is 2. The van der Waals surface area contributed by atoms with Gasteiger partial charge in [-0.15, -0.1) is 0 Å². The lowest BCUT2D eigenvalue weighted by atomic mass is 10.1. The zero-order valence-corrected chi connectivity index (χ0v) is 20.7. The number of nitrogens with zero attached hydrogens (tertiary/aromatic N) is 4. The molecule has 1 amide bonds. The molecule has 0 aliphatic carbocycles. The number of anilines is 2. The van der Waals surface area contributed by atoms with Gasteiger partial charge in [-0.25, -0.2) is 9.18 Å².